The number of rotatable bonds is 3. The van der Waals surface area contributed by atoms with Gasteiger partial charge in [-0.25, -0.2) is 9.97 Å². The highest BCUT2D eigenvalue weighted by Gasteiger charge is 2.24. The summed E-state index contributed by atoms with van der Waals surface area (Å²) in [7, 11) is 0. The summed E-state index contributed by atoms with van der Waals surface area (Å²) in [5, 5.41) is 4.41. The summed E-state index contributed by atoms with van der Waals surface area (Å²) >= 11 is 6.15. The van der Waals surface area contributed by atoms with Crippen LogP contribution in [0.3, 0.4) is 0 Å². The van der Waals surface area contributed by atoms with Gasteiger partial charge in [0, 0.05) is 38.4 Å². The van der Waals surface area contributed by atoms with Crippen molar-refractivity contribution in [2.45, 2.75) is 37.8 Å². The molecule has 1 N–H and O–H groups in total. The number of nitrogens with one attached hydrogen (secondary N) is 1. The Kier molecular flexibility index (Phi) is 4.70. The van der Waals surface area contributed by atoms with E-state index in [9.17, 15) is 0 Å². The molecule has 0 atom stereocenters. The third-order valence-corrected chi connectivity index (χ3v) is 4.40. The first-order valence-electron chi connectivity index (χ1n) is 7.37. The molecule has 20 heavy (non-hydrogen) atoms. The summed E-state index contributed by atoms with van der Waals surface area (Å²) < 4.78 is 5.40. The van der Waals surface area contributed by atoms with Crippen LogP contribution >= 0.6 is 11.6 Å². The fourth-order valence-corrected chi connectivity index (χ4v) is 3.22. The van der Waals surface area contributed by atoms with Crippen LogP contribution in [0.25, 0.3) is 0 Å². The summed E-state index contributed by atoms with van der Waals surface area (Å²) in [4.78, 5) is 10.5. The molecule has 0 saturated carbocycles. The first-order valence-corrected chi connectivity index (χ1v) is 7.75. The minimum atomic E-state index is 0.606. The van der Waals surface area contributed by atoms with Gasteiger partial charge in [0.15, 0.2) is 5.82 Å². The van der Waals surface area contributed by atoms with Crippen molar-refractivity contribution in [3.8, 4) is 0 Å². The average Bonchev–Trinajstić information content (AvgIpc) is 2.50. The van der Waals surface area contributed by atoms with E-state index < -0.39 is 0 Å². The second kappa shape index (κ2) is 6.70. The molecule has 0 amide bonds. The molecule has 0 spiro atoms. The van der Waals surface area contributed by atoms with Gasteiger partial charge in [0.2, 0.25) is 0 Å². The highest BCUT2D eigenvalue weighted by molar-refractivity contribution is 6.32. The lowest BCUT2D eigenvalue weighted by Crippen LogP contribution is -2.48. The van der Waals surface area contributed by atoms with Gasteiger partial charge in [0.1, 0.15) is 11.3 Å². The third-order valence-electron chi connectivity index (χ3n) is 4.14. The van der Waals surface area contributed by atoms with E-state index in [-0.39, 0.29) is 0 Å². The molecule has 6 heteroatoms. The van der Waals surface area contributed by atoms with Crippen LogP contribution in [0.2, 0.25) is 5.02 Å². The van der Waals surface area contributed by atoms with Crippen LogP contribution in [-0.2, 0) is 4.74 Å². The van der Waals surface area contributed by atoms with Crippen LogP contribution in [0.4, 0.5) is 5.82 Å². The van der Waals surface area contributed by atoms with Crippen molar-refractivity contribution in [1.29, 1.82) is 0 Å². The van der Waals surface area contributed by atoms with Gasteiger partial charge in [0.25, 0.3) is 0 Å². The SMILES string of the molecule is Clc1cncnc1N1CCC(NC2CCOCC2)CC1. The molecular weight excluding hydrogens is 276 g/mol. The minimum Gasteiger partial charge on any atom is -0.381 e. The lowest BCUT2D eigenvalue weighted by molar-refractivity contribution is 0.0738. The summed E-state index contributed by atoms with van der Waals surface area (Å²) in [6, 6.07) is 1.23. The Morgan fingerprint density at radius 3 is 2.55 bits per heavy atom. The van der Waals surface area contributed by atoms with Crippen molar-refractivity contribution < 1.29 is 4.74 Å². The fourth-order valence-electron chi connectivity index (χ4n) is 2.99. The van der Waals surface area contributed by atoms with Crippen LogP contribution in [0.1, 0.15) is 25.7 Å². The van der Waals surface area contributed by atoms with Gasteiger partial charge in [-0.15, -0.1) is 0 Å². The molecule has 0 bridgehead atoms. The van der Waals surface area contributed by atoms with Crippen LogP contribution in [0.5, 0.6) is 0 Å². The van der Waals surface area contributed by atoms with E-state index in [0.717, 1.165) is 57.8 Å². The van der Waals surface area contributed by atoms with Crippen LogP contribution < -0.4 is 10.2 Å². The van der Waals surface area contributed by atoms with E-state index in [2.05, 4.69) is 20.2 Å². The lowest BCUT2D eigenvalue weighted by Gasteiger charge is -2.36. The molecule has 110 valence electrons. The van der Waals surface area contributed by atoms with Gasteiger partial charge < -0.3 is 15.0 Å². The molecule has 0 radical (unpaired) electrons. The quantitative estimate of drug-likeness (QED) is 0.923. The number of aromatic nitrogens is 2. The maximum atomic E-state index is 6.15. The number of halogens is 1. The van der Waals surface area contributed by atoms with E-state index in [1.165, 1.54) is 0 Å². The Hall–Kier alpha value is -0.910. The van der Waals surface area contributed by atoms with Gasteiger partial charge in [-0.2, -0.15) is 0 Å². The van der Waals surface area contributed by atoms with Gasteiger partial charge >= 0.3 is 0 Å². The zero-order valence-corrected chi connectivity index (χ0v) is 12.4. The van der Waals surface area contributed by atoms with Gasteiger partial charge in [0.05, 0.1) is 6.20 Å². The van der Waals surface area contributed by atoms with E-state index in [1.54, 1.807) is 12.5 Å². The van der Waals surface area contributed by atoms with Crippen molar-refractivity contribution in [3.63, 3.8) is 0 Å². The molecule has 1 aromatic heterocycles. The summed E-state index contributed by atoms with van der Waals surface area (Å²) in [5.74, 6) is 0.867. The maximum Gasteiger partial charge on any atom is 0.150 e. The molecule has 2 fully saturated rings. The van der Waals surface area contributed by atoms with Crippen LogP contribution in [-0.4, -0.2) is 48.4 Å². The monoisotopic (exact) mass is 296 g/mol. The molecule has 0 unspecified atom stereocenters. The van der Waals surface area contributed by atoms with Crippen molar-refractivity contribution in [2.75, 3.05) is 31.2 Å². The normalized spacial score (nSPS) is 22.1. The Morgan fingerprint density at radius 2 is 1.85 bits per heavy atom. The number of anilines is 1. The van der Waals surface area contributed by atoms with Crippen LogP contribution in [0.15, 0.2) is 12.5 Å². The van der Waals surface area contributed by atoms with E-state index in [0.29, 0.717) is 17.1 Å². The molecular formula is C14H21ClN4O. The molecule has 2 aliphatic rings. The standard InChI is InChI=1S/C14H21ClN4O/c15-13-9-16-10-17-14(13)19-5-1-11(2-6-19)18-12-3-7-20-8-4-12/h9-12,18H,1-8H2. The maximum absolute atomic E-state index is 6.15. The second-order valence-corrected chi connectivity index (χ2v) is 5.92. The number of ether oxygens (including phenoxy) is 1. The molecule has 3 heterocycles. The molecule has 0 aliphatic carbocycles. The molecule has 2 aliphatic heterocycles. The lowest BCUT2D eigenvalue weighted by atomic mass is 10.0. The molecule has 5 nitrogen and oxygen atoms in total. The van der Waals surface area contributed by atoms with Crippen molar-refractivity contribution in [3.05, 3.63) is 17.5 Å². The highest BCUT2D eigenvalue weighted by Crippen LogP contribution is 2.25. The minimum absolute atomic E-state index is 0.606. The largest absolute Gasteiger partial charge is 0.381 e. The Balaban J connectivity index is 1.50. The van der Waals surface area contributed by atoms with Gasteiger partial charge in [-0.1, -0.05) is 11.6 Å². The van der Waals surface area contributed by atoms with E-state index >= 15 is 0 Å². The predicted molar refractivity (Wildman–Crippen MR) is 79.3 cm³/mol. The summed E-state index contributed by atoms with van der Waals surface area (Å²) in [6.07, 6.45) is 7.77. The van der Waals surface area contributed by atoms with Gasteiger partial charge in [-0.3, -0.25) is 0 Å². The predicted octanol–water partition coefficient (Wildman–Crippen LogP) is 1.87. The molecule has 2 saturated heterocycles. The first kappa shape index (κ1) is 14.0. The smallest absolute Gasteiger partial charge is 0.150 e. The van der Waals surface area contributed by atoms with Crippen molar-refractivity contribution in [2.24, 2.45) is 0 Å². The average molecular weight is 297 g/mol. The molecule has 0 aromatic carbocycles. The zero-order chi connectivity index (χ0) is 13.8. The first-order chi connectivity index (χ1) is 9.83. The second-order valence-electron chi connectivity index (χ2n) is 5.51. The number of hydrogen-bond donors (Lipinski definition) is 1. The Morgan fingerprint density at radius 1 is 1.15 bits per heavy atom. The zero-order valence-electron chi connectivity index (χ0n) is 11.6. The highest BCUT2D eigenvalue weighted by atomic mass is 35.5. The van der Waals surface area contributed by atoms with Crippen molar-refractivity contribution in [1.82, 2.24) is 15.3 Å². The van der Waals surface area contributed by atoms with Crippen molar-refractivity contribution >= 4 is 17.4 Å². The molecule has 3 rings (SSSR count). The topological polar surface area (TPSA) is 50.3 Å². The summed E-state index contributed by atoms with van der Waals surface area (Å²) in [6.45, 7) is 3.79. The number of nitrogens with zero attached hydrogens (tertiary/aromatic N) is 3. The van der Waals surface area contributed by atoms with E-state index in [4.69, 9.17) is 16.3 Å². The number of hydrogen-bond acceptors (Lipinski definition) is 5. The van der Waals surface area contributed by atoms with Crippen LogP contribution in [0, 0.1) is 0 Å². The Labute approximate surface area is 124 Å². The molecule has 1 aromatic rings. The van der Waals surface area contributed by atoms with E-state index in [1.807, 2.05) is 0 Å². The Bertz CT molecular complexity index is 431. The fraction of sp³-hybridized carbons (Fsp3) is 0.714. The summed E-state index contributed by atoms with van der Waals surface area (Å²) in [5.41, 5.74) is 0. The number of piperidine rings is 1. The third kappa shape index (κ3) is 3.40. The van der Waals surface area contributed by atoms with Gasteiger partial charge in [-0.05, 0) is 25.7 Å².